The molecule has 0 bridgehead atoms. The highest BCUT2D eigenvalue weighted by molar-refractivity contribution is 5.94. The van der Waals surface area contributed by atoms with E-state index in [9.17, 15) is 14.3 Å². The molecule has 108 valence electrons. The number of aliphatic hydroxyl groups excluding tert-OH is 1. The maximum atomic E-state index is 14.1. The van der Waals surface area contributed by atoms with Crippen LogP contribution in [-0.2, 0) is 11.2 Å². The van der Waals surface area contributed by atoms with Gasteiger partial charge in [0.05, 0.1) is 11.8 Å². The largest absolute Gasteiger partial charge is 0.392 e. The molecule has 1 saturated carbocycles. The number of aliphatic hydroxyl groups is 1. The van der Waals surface area contributed by atoms with Crippen molar-refractivity contribution in [3.8, 4) is 0 Å². The molecule has 3 rings (SSSR count). The Kier molecular flexibility index (Phi) is 2.97. The second kappa shape index (κ2) is 4.45. The molecule has 20 heavy (non-hydrogen) atoms. The van der Waals surface area contributed by atoms with Crippen LogP contribution in [0.3, 0.4) is 0 Å². The van der Waals surface area contributed by atoms with Gasteiger partial charge in [0.25, 0.3) is 0 Å². The van der Waals surface area contributed by atoms with Gasteiger partial charge in [0.2, 0.25) is 5.91 Å². The Hall–Kier alpha value is -1.62. The van der Waals surface area contributed by atoms with Crippen LogP contribution in [0.5, 0.6) is 0 Å². The van der Waals surface area contributed by atoms with Crippen molar-refractivity contribution in [1.82, 2.24) is 0 Å². The van der Waals surface area contributed by atoms with Crippen LogP contribution in [0, 0.1) is 11.2 Å². The minimum Gasteiger partial charge on any atom is -0.392 e. The number of hydrogen-bond acceptors (Lipinski definition) is 3. The maximum Gasteiger partial charge on any atom is 0.224 e. The van der Waals surface area contributed by atoms with Crippen molar-refractivity contribution in [2.24, 2.45) is 5.41 Å². The third kappa shape index (κ3) is 2.06. The molecule has 1 aromatic carbocycles. The number of hydrogen-bond donors (Lipinski definition) is 3. The molecule has 4 nitrogen and oxygen atoms in total. The first-order valence-corrected chi connectivity index (χ1v) is 6.95. The number of carbonyl (C=O) groups is 1. The van der Waals surface area contributed by atoms with Crippen molar-refractivity contribution in [1.29, 1.82) is 0 Å². The van der Waals surface area contributed by atoms with Crippen molar-refractivity contribution >= 4 is 17.3 Å². The van der Waals surface area contributed by atoms with Gasteiger partial charge in [-0.25, -0.2) is 4.39 Å². The van der Waals surface area contributed by atoms with E-state index in [4.69, 9.17) is 0 Å². The average Bonchev–Trinajstić information content (AvgIpc) is 2.39. The first-order valence-electron chi connectivity index (χ1n) is 6.95. The highest BCUT2D eigenvalue weighted by Gasteiger charge is 2.47. The summed E-state index contributed by atoms with van der Waals surface area (Å²) in [5.74, 6) is -0.341. The summed E-state index contributed by atoms with van der Waals surface area (Å²) in [7, 11) is 0. The van der Waals surface area contributed by atoms with E-state index in [2.05, 4.69) is 10.6 Å². The van der Waals surface area contributed by atoms with Gasteiger partial charge < -0.3 is 15.7 Å². The van der Waals surface area contributed by atoms with E-state index in [1.165, 1.54) is 6.07 Å². The third-order valence-corrected chi connectivity index (χ3v) is 4.63. The summed E-state index contributed by atoms with van der Waals surface area (Å²) in [6.07, 6.45) is 1.23. The predicted octanol–water partition coefficient (Wildman–Crippen LogP) is 2.28. The van der Waals surface area contributed by atoms with Gasteiger partial charge >= 0.3 is 0 Å². The number of aryl methyl sites for hydroxylation is 1. The summed E-state index contributed by atoms with van der Waals surface area (Å²) in [6, 6.07) is 3.17. The van der Waals surface area contributed by atoms with Crippen molar-refractivity contribution in [2.75, 3.05) is 10.6 Å². The molecule has 0 spiro atoms. The SMILES string of the molecule is CC1(C)C(O)CC1Nc1cc2c(cc1F)CCC(=O)N2. The molecule has 5 heteroatoms. The standard InChI is InChI=1S/C15H19FN2O2/c1-15(2)12(7-13(15)19)17-11-6-10-8(5-9(11)16)3-4-14(20)18-10/h5-6,12-13,17,19H,3-4,7H2,1-2H3,(H,18,20). The zero-order valence-electron chi connectivity index (χ0n) is 11.7. The van der Waals surface area contributed by atoms with Crippen LogP contribution in [0.25, 0.3) is 0 Å². The highest BCUT2D eigenvalue weighted by atomic mass is 19.1. The Morgan fingerprint density at radius 3 is 2.80 bits per heavy atom. The molecule has 2 unspecified atom stereocenters. The zero-order chi connectivity index (χ0) is 14.5. The number of carbonyl (C=O) groups excluding carboxylic acids is 1. The van der Waals surface area contributed by atoms with E-state index in [-0.39, 0.29) is 29.3 Å². The first-order chi connectivity index (χ1) is 9.38. The molecule has 2 aliphatic rings. The summed E-state index contributed by atoms with van der Waals surface area (Å²) in [5.41, 5.74) is 1.63. The zero-order valence-corrected chi connectivity index (χ0v) is 11.7. The summed E-state index contributed by atoms with van der Waals surface area (Å²) in [6.45, 7) is 3.91. The lowest BCUT2D eigenvalue weighted by molar-refractivity contribution is -0.116. The Labute approximate surface area is 117 Å². The van der Waals surface area contributed by atoms with Crippen LogP contribution in [0.1, 0.15) is 32.3 Å². The molecule has 0 saturated heterocycles. The number of nitrogens with one attached hydrogen (secondary N) is 2. The summed E-state index contributed by atoms with van der Waals surface area (Å²) < 4.78 is 14.1. The maximum absolute atomic E-state index is 14.1. The number of amides is 1. The van der Waals surface area contributed by atoms with Gasteiger partial charge in [-0.2, -0.15) is 0 Å². The third-order valence-electron chi connectivity index (χ3n) is 4.63. The van der Waals surface area contributed by atoms with Crippen LogP contribution < -0.4 is 10.6 Å². The van der Waals surface area contributed by atoms with Crippen LogP contribution in [-0.4, -0.2) is 23.2 Å². The number of fused-ring (bicyclic) bond motifs is 1. The fraction of sp³-hybridized carbons (Fsp3) is 0.533. The van der Waals surface area contributed by atoms with Crippen molar-refractivity contribution in [3.63, 3.8) is 0 Å². The molecule has 1 fully saturated rings. The van der Waals surface area contributed by atoms with Crippen molar-refractivity contribution in [3.05, 3.63) is 23.5 Å². The minimum atomic E-state index is -0.361. The van der Waals surface area contributed by atoms with Gasteiger partial charge in [-0.3, -0.25) is 4.79 Å². The van der Waals surface area contributed by atoms with Crippen LogP contribution >= 0.6 is 0 Å². The molecule has 2 atom stereocenters. The molecule has 1 aromatic rings. The van der Waals surface area contributed by atoms with Crippen molar-refractivity contribution < 1.29 is 14.3 Å². The fourth-order valence-corrected chi connectivity index (χ4v) is 2.84. The van der Waals surface area contributed by atoms with E-state index in [0.717, 1.165) is 5.56 Å². The molecule has 1 heterocycles. The first kappa shape index (κ1) is 13.4. The second-order valence-electron chi connectivity index (χ2n) is 6.31. The Bertz CT molecular complexity index is 571. The number of anilines is 2. The molecule has 3 N–H and O–H groups in total. The van der Waals surface area contributed by atoms with E-state index >= 15 is 0 Å². The van der Waals surface area contributed by atoms with Gasteiger partial charge in [0, 0.05) is 23.6 Å². The Morgan fingerprint density at radius 2 is 2.15 bits per heavy atom. The van der Waals surface area contributed by atoms with Gasteiger partial charge in [0.15, 0.2) is 0 Å². The second-order valence-corrected chi connectivity index (χ2v) is 6.31. The molecule has 0 aromatic heterocycles. The predicted molar refractivity (Wildman–Crippen MR) is 75.2 cm³/mol. The van der Waals surface area contributed by atoms with Crippen LogP contribution in [0.2, 0.25) is 0 Å². The lowest BCUT2D eigenvalue weighted by atomic mass is 9.64. The smallest absolute Gasteiger partial charge is 0.224 e. The van der Waals surface area contributed by atoms with Gasteiger partial charge in [-0.05, 0) is 30.5 Å². The number of rotatable bonds is 2. The minimum absolute atomic E-state index is 0.0318. The van der Waals surface area contributed by atoms with Crippen LogP contribution in [0.4, 0.5) is 15.8 Å². The van der Waals surface area contributed by atoms with Gasteiger partial charge in [-0.15, -0.1) is 0 Å². The molecule has 0 radical (unpaired) electrons. The quantitative estimate of drug-likeness (QED) is 0.778. The Balaban J connectivity index is 1.84. The topological polar surface area (TPSA) is 61.4 Å². The lowest BCUT2D eigenvalue weighted by Gasteiger charge is -2.49. The molecule has 1 aliphatic heterocycles. The summed E-state index contributed by atoms with van der Waals surface area (Å²) >= 11 is 0. The molecule has 1 amide bonds. The Morgan fingerprint density at radius 1 is 1.40 bits per heavy atom. The normalized spacial score (nSPS) is 27.3. The average molecular weight is 278 g/mol. The number of benzene rings is 1. The van der Waals surface area contributed by atoms with Crippen LogP contribution in [0.15, 0.2) is 12.1 Å². The van der Waals surface area contributed by atoms with E-state index in [1.54, 1.807) is 6.07 Å². The molecular formula is C15H19FN2O2. The van der Waals surface area contributed by atoms with Crippen molar-refractivity contribution in [2.45, 2.75) is 45.3 Å². The monoisotopic (exact) mass is 278 g/mol. The summed E-state index contributed by atoms with van der Waals surface area (Å²) in [5, 5.41) is 15.6. The molecule has 1 aliphatic carbocycles. The van der Waals surface area contributed by atoms with E-state index in [0.29, 0.717) is 30.6 Å². The van der Waals surface area contributed by atoms with E-state index in [1.807, 2.05) is 13.8 Å². The molecular weight excluding hydrogens is 259 g/mol. The van der Waals surface area contributed by atoms with E-state index < -0.39 is 0 Å². The fourth-order valence-electron chi connectivity index (χ4n) is 2.84. The summed E-state index contributed by atoms with van der Waals surface area (Å²) in [4.78, 5) is 11.4. The van der Waals surface area contributed by atoms with Gasteiger partial charge in [0.1, 0.15) is 5.82 Å². The number of halogens is 1. The van der Waals surface area contributed by atoms with Gasteiger partial charge in [-0.1, -0.05) is 13.8 Å². The highest BCUT2D eigenvalue weighted by Crippen LogP contribution is 2.43. The lowest BCUT2D eigenvalue weighted by Crippen LogP contribution is -2.57.